The molecule has 0 amide bonds. The molecule has 0 atom stereocenters. The summed E-state index contributed by atoms with van der Waals surface area (Å²) in [4.78, 5) is 14.9. The Hall–Kier alpha value is -2.38. The number of rotatable bonds is 5. The maximum absolute atomic E-state index is 12.3. The first-order valence-corrected chi connectivity index (χ1v) is 8.63. The molecule has 3 N–H and O–H groups in total. The number of aromatic hydroxyl groups is 1. The van der Waals surface area contributed by atoms with E-state index in [0.29, 0.717) is 11.6 Å². The van der Waals surface area contributed by atoms with Crippen LogP contribution in [0.25, 0.3) is 11.3 Å². The number of nitrogens with one attached hydrogen (secondary N) is 2. The molecule has 0 spiro atoms. The van der Waals surface area contributed by atoms with E-state index in [1.54, 1.807) is 18.3 Å². The Balaban J connectivity index is 2.04. The van der Waals surface area contributed by atoms with Crippen molar-refractivity contribution in [3.8, 4) is 17.1 Å². The van der Waals surface area contributed by atoms with Gasteiger partial charge in [0.1, 0.15) is 0 Å². The van der Waals surface area contributed by atoms with Gasteiger partial charge in [-0.15, -0.1) is 0 Å². The summed E-state index contributed by atoms with van der Waals surface area (Å²) in [6.07, 6.45) is 2.67. The molecule has 2 heterocycles. The van der Waals surface area contributed by atoms with Crippen LogP contribution in [-0.2, 0) is 13.0 Å². The van der Waals surface area contributed by atoms with Gasteiger partial charge in [-0.3, -0.25) is 19.4 Å². The minimum atomic E-state index is -0.391. The quantitative estimate of drug-likeness (QED) is 0.593. The van der Waals surface area contributed by atoms with Crippen LogP contribution in [0.3, 0.4) is 0 Å². The van der Waals surface area contributed by atoms with Crippen LogP contribution in [0.1, 0.15) is 24.5 Å². The lowest BCUT2D eigenvalue weighted by atomic mass is 10.0. The Morgan fingerprint density at radius 1 is 1.32 bits per heavy atom. The largest absolute Gasteiger partial charge is 0.494 e. The monoisotopic (exact) mass is 376 g/mol. The molecule has 6 nitrogen and oxygen atoms in total. The van der Waals surface area contributed by atoms with E-state index in [1.165, 1.54) is 4.57 Å². The van der Waals surface area contributed by atoms with Crippen LogP contribution in [0.5, 0.6) is 5.88 Å². The molecule has 8 heteroatoms. The zero-order valence-corrected chi connectivity index (χ0v) is 15.1. The Kier molecular flexibility index (Phi) is 5.06. The zero-order valence-electron chi connectivity index (χ0n) is 13.5. The molecule has 0 aliphatic carbocycles. The lowest BCUT2D eigenvalue weighted by Crippen LogP contribution is -2.19. The molecule has 0 saturated carbocycles. The minimum Gasteiger partial charge on any atom is -0.494 e. The number of aromatic amines is 2. The Bertz CT molecular complexity index is 1000. The van der Waals surface area contributed by atoms with Gasteiger partial charge in [-0.1, -0.05) is 30.7 Å². The van der Waals surface area contributed by atoms with Gasteiger partial charge < -0.3 is 5.11 Å². The van der Waals surface area contributed by atoms with Gasteiger partial charge in [0.15, 0.2) is 4.77 Å². The molecule has 0 unspecified atom stereocenters. The molecule has 2 aromatic heterocycles. The van der Waals surface area contributed by atoms with Crippen LogP contribution >= 0.6 is 23.8 Å². The summed E-state index contributed by atoms with van der Waals surface area (Å²) >= 11 is 11.1. The number of nitrogens with zero attached hydrogens (tertiary/aromatic N) is 2. The Morgan fingerprint density at radius 2 is 2.04 bits per heavy atom. The summed E-state index contributed by atoms with van der Waals surface area (Å²) in [6, 6.07) is 7.31. The highest BCUT2D eigenvalue weighted by Gasteiger charge is 2.16. The average molecular weight is 377 g/mol. The first-order chi connectivity index (χ1) is 12.0. The Labute approximate surface area is 154 Å². The third-order valence-corrected chi connectivity index (χ3v) is 4.50. The lowest BCUT2D eigenvalue weighted by Gasteiger charge is -2.12. The number of halogens is 1. The number of H-pyrrole nitrogens is 2. The predicted molar refractivity (Wildman–Crippen MR) is 99.7 cm³/mol. The molecule has 130 valence electrons. The van der Waals surface area contributed by atoms with E-state index in [2.05, 4.69) is 15.2 Å². The number of hydrogen-bond donors (Lipinski definition) is 3. The van der Waals surface area contributed by atoms with Crippen molar-refractivity contribution < 1.29 is 5.11 Å². The van der Waals surface area contributed by atoms with Crippen molar-refractivity contribution in [2.45, 2.75) is 26.3 Å². The van der Waals surface area contributed by atoms with Crippen LogP contribution in [0, 0.1) is 4.77 Å². The van der Waals surface area contributed by atoms with Gasteiger partial charge in [0.05, 0.1) is 17.5 Å². The van der Waals surface area contributed by atoms with Gasteiger partial charge in [0, 0.05) is 23.6 Å². The number of aromatic nitrogens is 4. The van der Waals surface area contributed by atoms with E-state index in [1.807, 2.05) is 19.1 Å². The van der Waals surface area contributed by atoms with Crippen molar-refractivity contribution >= 4 is 23.8 Å². The first-order valence-electron chi connectivity index (χ1n) is 7.84. The zero-order chi connectivity index (χ0) is 18.0. The molecule has 3 aromatic rings. The van der Waals surface area contributed by atoms with Crippen LogP contribution in [0.2, 0.25) is 5.02 Å². The molecule has 0 saturated heterocycles. The highest BCUT2D eigenvalue weighted by Crippen LogP contribution is 2.26. The van der Waals surface area contributed by atoms with E-state index in [0.717, 1.165) is 23.2 Å². The maximum Gasteiger partial charge on any atom is 0.259 e. The molecule has 25 heavy (non-hydrogen) atoms. The van der Waals surface area contributed by atoms with Crippen LogP contribution in [0.4, 0.5) is 0 Å². The van der Waals surface area contributed by atoms with Crippen molar-refractivity contribution in [3.05, 3.63) is 61.7 Å². The molecule has 0 bridgehead atoms. The summed E-state index contributed by atoms with van der Waals surface area (Å²) in [5.74, 6) is -0.0983. The third-order valence-electron chi connectivity index (χ3n) is 3.93. The van der Waals surface area contributed by atoms with E-state index < -0.39 is 5.56 Å². The lowest BCUT2D eigenvalue weighted by molar-refractivity contribution is 0.396. The molecule has 0 radical (unpaired) electrons. The van der Waals surface area contributed by atoms with Crippen LogP contribution < -0.4 is 5.56 Å². The summed E-state index contributed by atoms with van der Waals surface area (Å²) in [5.41, 5.74) is 2.34. The van der Waals surface area contributed by atoms with Gasteiger partial charge >= 0.3 is 0 Å². The smallest absolute Gasteiger partial charge is 0.259 e. The molecule has 1 aromatic carbocycles. The van der Waals surface area contributed by atoms with Crippen molar-refractivity contribution in [1.29, 1.82) is 0 Å². The maximum atomic E-state index is 12.3. The highest BCUT2D eigenvalue weighted by atomic mass is 35.5. The molecular formula is C17H17ClN4O2S. The van der Waals surface area contributed by atoms with Crippen molar-refractivity contribution in [3.63, 3.8) is 0 Å². The van der Waals surface area contributed by atoms with E-state index >= 15 is 0 Å². The van der Waals surface area contributed by atoms with E-state index in [9.17, 15) is 9.90 Å². The highest BCUT2D eigenvalue weighted by molar-refractivity contribution is 7.71. The minimum absolute atomic E-state index is 0.0983. The van der Waals surface area contributed by atoms with Gasteiger partial charge in [0.25, 0.3) is 5.56 Å². The fourth-order valence-corrected chi connectivity index (χ4v) is 3.09. The fraction of sp³-hybridized carbons (Fsp3) is 0.235. The van der Waals surface area contributed by atoms with E-state index in [4.69, 9.17) is 23.8 Å². The summed E-state index contributed by atoms with van der Waals surface area (Å²) in [5, 5.41) is 18.2. The summed E-state index contributed by atoms with van der Waals surface area (Å²) in [7, 11) is 0. The molecule has 0 aliphatic rings. The summed E-state index contributed by atoms with van der Waals surface area (Å²) < 4.78 is 1.76. The average Bonchev–Trinajstić information content (AvgIpc) is 3.04. The third kappa shape index (κ3) is 3.52. The number of hydrogen-bond acceptors (Lipinski definition) is 4. The SMILES string of the molecule is CCCn1c(O)c(Cc2cn[nH]c2-c2ccc(Cl)cc2)c(=O)[nH]c1=S. The predicted octanol–water partition coefficient (Wildman–Crippen LogP) is 3.66. The van der Waals surface area contributed by atoms with E-state index in [-0.39, 0.29) is 22.6 Å². The molecule has 0 aliphatic heterocycles. The summed E-state index contributed by atoms with van der Waals surface area (Å²) in [6.45, 7) is 2.50. The first kappa shape index (κ1) is 17.4. The van der Waals surface area contributed by atoms with Crippen molar-refractivity contribution in [2.75, 3.05) is 0 Å². The Morgan fingerprint density at radius 3 is 2.72 bits per heavy atom. The fourth-order valence-electron chi connectivity index (χ4n) is 2.69. The topological polar surface area (TPSA) is 86.7 Å². The van der Waals surface area contributed by atoms with Gasteiger partial charge in [-0.2, -0.15) is 5.10 Å². The molecule has 3 rings (SSSR count). The van der Waals surface area contributed by atoms with Gasteiger partial charge in [-0.05, 0) is 36.3 Å². The normalized spacial score (nSPS) is 11.0. The molecular weight excluding hydrogens is 360 g/mol. The second-order valence-corrected chi connectivity index (χ2v) is 6.49. The van der Waals surface area contributed by atoms with Crippen molar-refractivity contribution in [2.24, 2.45) is 0 Å². The van der Waals surface area contributed by atoms with Crippen LogP contribution in [-0.4, -0.2) is 24.9 Å². The number of benzene rings is 1. The second kappa shape index (κ2) is 7.25. The van der Waals surface area contributed by atoms with Gasteiger partial charge in [0.2, 0.25) is 5.88 Å². The standard InChI is InChI=1S/C17H17ClN4O2S/c1-2-7-22-16(24)13(15(23)20-17(22)25)8-11-9-19-21-14(11)10-3-5-12(18)6-4-10/h3-6,9,24H,2,7-8H2,1H3,(H,19,21)(H,20,23,25). The van der Waals surface area contributed by atoms with Crippen molar-refractivity contribution in [1.82, 2.24) is 19.7 Å². The molecule has 0 fully saturated rings. The second-order valence-electron chi connectivity index (χ2n) is 5.67. The van der Waals surface area contributed by atoms with Crippen LogP contribution in [0.15, 0.2) is 35.3 Å². The van der Waals surface area contributed by atoms with Gasteiger partial charge in [-0.25, -0.2) is 0 Å².